The lowest BCUT2D eigenvalue weighted by Crippen LogP contribution is -2.28. The Morgan fingerprint density at radius 1 is 0.971 bits per heavy atom. The van der Waals surface area contributed by atoms with Crippen molar-refractivity contribution in [1.29, 1.82) is 0 Å². The van der Waals surface area contributed by atoms with E-state index in [1.54, 1.807) is 7.11 Å². The zero-order chi connectivity index (χ0) is 23.9. The minimum atomic E-state index is -0.00816. The summed E-state index contributed by atoms with van der Waals surface area (Å²) in [4.78, 5) is 17.2. The van der Waals surface area contributed by atoms with Crippen molar-refractivity contribution in [2.75, 3.05) is 20.3 Å². The summed E-state index contributed by atoms with van der Waals surface area (Å²) in [6.07, 6.45) is 0.983. The third kappa shape index (κ3) is 5.57. The fourth-order valence-corrected chi connectivity index (χ4v) is 4.14. The summed E-state index contributed by atoms with van der Waals surface area (Å²) >= 11 is 0. The van der Waals surface area contributed by atoms with E-state index in [1.807, 2.05) is 48.5 Å². The van der Waals surface area contributed by atoms with Crippen molar-refractivity contribution in [2.24, 2.45) is 0 Å². The summed E-state index contributed by atoms with van der Waals surface area (Å²) < 4.78 is 13.5. The highest BCUT2D eigenvalue weighted by molar-refractivity contribution is 5.78. The number of fused-ring (bicyclic) bond motifs is 1. The molecule has 1 N–H and O–H groups in total. The van der Waals surface area contributed by atoms with Gasteiger partial charge in [0.2, 0.25) is 5.91 Å². The van der Waals surface area contributed by atoms with Gasteiger partial charge in [-0.1, -0.05) is 42.5 Å². The highest BCUT2D eigenvalue weighted by Gasteiger charge is 2.12. The molecule has 1 heterocycles. The van der Waals surface area contributed by atoms with Crippen molar-refractivity contribution < 1.29 is 14.3 Å². The van der Waals surface area contributed by atoms with Gasteiger partial charge in [0.15, 0.2) is 0 Å². The van der Waals surface area contributed by atoms with E-state index in [-0.39, 0.29) is 5.91 Å². The smallest absolute Gasteiger partial charge is 0.224 e. The number of nitrogens with one attached hydrogen (secondary N) is 1. The maximum atomic E-state index is 12.4. The monoisotopic (exact) mass is 457 g/mol. The second-order valence-corrected chi connectivity index (χ2v) is 8.36. The Bertz CT molecular complexity index is 1240. The van der Waals surface area contributed by atoms with Gasteiger partial charge in [0.05, 0.1) is 31.1 Å². The summed E-state index contributed by atoms with van der Waals surface area (Å²) in [7, 11) is 1.63. The van der Waals surface area contributed by atoms with Crippen molar-refractivity contribution in [3.63, 3.8) is 0 Å². The molecule has 6 heteroatoms. The van der Waals surface area contributed by atoms with Gasteiger partial charge in [-0.3, -0.25) is 4.79 Å². The van der Waals surface area contributed by atoms with Gasteiger partial charge in [0.1, 0.15) is 23.9 Å². The lowest BCUT2D eigenvalue weighted by atomic mass is 10.1. The summed E-state index contributed by atoms with van der Waals surface area (Å²) in [6.45, 7) is 5.88. The van der Waals surface area contributed by atoms with Crippen LogP contribution >= 0.6 is 0 Å². The molecule has 0 atom stereocenters. The number of amides is 1. The van der Waals surface area contributed by atoms with Gasteiger partial charge in [-0.2, -0.15) is 0 Å². The first-order chi connectivity index (χ1) is 16.5. The van der Waals surface area contributed by atoms with E-state index in [0.717, 1.165) is 45.0 Å². The van der Waals surface area contributed by atoms with Gasteiger partial charge < -0.3 is 19.4 Å². The Balaban J connectivity index is 1.38. The Labute approximate surface area is 200 Å². The van der Waals surface area contributed by atoms with Crippen molar-refractivity contribution in [1.82, 2.24) is 14.9 Å². The van der Waals surface area contributed by atoms with Crippen LogP contribution in [0.5, 0.6) is 11.5 Å². The molecule has 0 aliphatic rings. The van der Waals surface area contributed by atoms with Gasteiger partial charge in [-0.25, -0.2) is 4.98 Å². The van der Waals surface area contributed by atoms with E-state index in [4.69, 9.17) is 14.5 Å². The van der Waals surface area contributed by atoms with Crippen LogP contribution in [0, 0.1) is 13.8 Å². The highest BCUT2D eigenvalue weighted by Crippen LogP contribution is 2.23. The zero-order valence-electron chi connectivity index (χ0n) is 20.0. The average molecular weight is 458 g/mol. The van der Waals surface area contributed by atoms with Crippen LogP contribution in [0.3, 0.4) is 0 Å². The maximum absolute atomic E-state index is 12.4. The first-order valence-electron chi connectivity index (χ1n) is 11.6. The van der Waals surface area contributed by atoms with Crippen LogP contribution in [-0.4, -0.2) is 35.7 Å². The molecule has 0 aliphatic heterocycles. The van der Waals surface area contributed by atoms with Crippen molar-refractivity contribution in [3.8, 4) is 11.5 Å². The Kier molecular flexibility index (Phi) is 7.48. The van der Waals surface area contributed by atoms with Crippen LogP contribution in [0.15, 0.2) is 66.7 Å². The van der Waals surface area contributed by atoms with Crippen molar-refractivity contribution in [2.45, 2.75) is 33.2 Å². The van der Waals surface area contributed by atoms with Crippen molar-refractivity contribution >= 4 is 16.9 Å². The zero-order valence-corrected chi connectivity index (χ0v) is 20.0. The molecule has 0 unspecified atom stereocenters. The number of hydrogen-bond donors (Lipinski definition) is 1. The molecule has 0 saturated heterocycles. The highest BCUT2D eigenvalue weighted by atomic mass is 16.5. The Morgan fingerprint density at radius 3 is 2.44 bits per heavy atom. The lowest BCUT2D eigenvalue weighted by molar-refractivity contribution is -0.120. The number of aryl methyl sites for hydroxylation is 2. The number of para-hydroxylation sites is 3. The van der Waals surface area contributed by atoms with Crippen LogP contribution < -0.4 is 14.8 Å². The first-order valence-corrected chi connectivity index (χ1v) is 11.6. The molecule has 0 aliphatic carbocycles. The third-order valence-electron chi connectivity index (χ3n) is 5.90. The van der Waals surface area contributed by atoms with E-state index in [9.17, 15) is 4.79 Å². The molecule has 4 rings (SSSR count). The normalized spacial score (nSPS) is 10.9. The molecule has 176 valence electrons. The molecule has 3 aromatic carbocycles. The van der Waals surface area contributed by atoms with E-state index >= 15 is 0 Å². The molecular weight excluding hydrogens is 426 g/mol. The Hall–Kier alpha value is -3.80. The van der Waals surface area contributed by atoms with E-state index < -0.39 is 0 Å². The predicted octanol–water partition coefficient (Wildman–Crippen LogP) is 4.64. The fraction of sp³-hybridized carbons (Fsp3) is 0.286. The predicted molar refractivity (Wildman–Crippen MR) is 135 cm³/mol. The fourth-order valence-electron chi connectivity index (χ4n) is 4.14. The first kappa shape index (κ1) is 23.4. The largest absolute Gasteiger partial charge is 0.497 e. The number of hydrogen-bond acceptors (Lipinski definition) is 4. The van der Waals surface area contributed by atoms with Crippen LogP contribution in [0.4, 0.5) is 0 Å². The lowest BCUT2D eigenvalue weighted by Gasteiger charge is -2.14. The van der Waals surface area contributed by atoms with E-state index in [0.29, 0.717) is 32.5 Å². The minimum Gasteiger partial charge on any atom is -0.497 e. The molecule has 6 nitrogen and oxygen atoms in total. The van der Waals surface area contributed by atoms with Crippen LogP contribution in [0.25, 0.3) is 11.0 Å². The number of benzene rings is 3. The van der Waals surface area contributed by atoms with Crippen LogP contribution in [0.2, 0.25) is 0 Å². The number of ether oxygens (including phenoxy) is 2. The van der Waals surface area contributed by atoms with Gasteiger partial charge in [-0.05, 0) is 54.8 Å². The number of nitrogens with zero attached hydrogens (tertiary/aromatic N) is 2. The summed E-state index contributed by atoms with van der Waals surface area (Å²) in [5.41, 5.74) is 5.25. The summed E-state index contributed by atoms with van der Waals surface area (Å²) in [5, 5.41) is 3.02. The SMILES string of the molecule is COc1ccc(CC(=O)NCCc2nc3ccccc3n2CCOc2c(C)cccc2C)cc1. The molecule has 4 aromatic rings. The standard InChI is InChI=1S/C28H31N3O3/c1-20-7-6-8-21(2)28(20)34-18-17-31-25-10-5-4-9-24(25)30-26(31)15-16-29-27(32)19-22-11-13-23(33-3)14-12-22/h4-14H,15-19H2,1-3H3,(H,29,32). The molecule has 0 radical (unpaired) electrons. The molecule has 0 saturated carbocycles. The molecular formula is C28H31N3O3. The molecule has 1 aromatic heterocycles. The number of imidazole rings is 1. The summed E-state index contributed by atoms with van der Waals surface area (Å²) in [5.74, 6) is 2.66. The van der Waals surface area contributed by atoms with E-state index in [2.05, 4.69) is 41.9 Å². The van der Waals surface area contributed by atoms with Gasteiger partial charge in [0, 0.05) is 13.0 Å². The molecule has 0 fully saturated rings. The van der Waals surface area contributed by atoms with Crippen molar-refractivity contribution in [3.05, 3.63) is 89.2 Å². The molecule has 0 spiro atoms. The quantitative estimate of drug-likeness (QED) is 0.377. The number of carbonyl (C=O) groups excluding carboxylic acids is 1. The number of methoxy groups -OCH3 is 1. The molecule has 0 bridgehead atoms. The number of rotatable bonds is 10. The van der Waals surface area contributed by atoms with Crippen LogP contribution in [-0.2, 0) is 24.2 Å². The third-order valence-corrected chi connectivity index (χ3v) is 5.90. The second kappa shape index (κ2) is 10.9. The second-order valence-electron chi connectivity index (χ2n) is 8.36. The summed E-state index contributed by atoms with van der Waals surface area (Å²) in [6, 6.07) is 21.8. The minimum absolute atomic E-state index is 0.00816. The van der Waals surface area contributed by atoms with Gasteiger partial charge in [-0.15, -0.1) is 0 Å². The van der Waals surface area contributed by atoms with Gasteiger partial charge >= 0.3 is 0 Å². The average Bonchev–Trinajstić information content (AvgIpc) is 3.19. The number of aromatic nitrogens is 2. The molecule has 1 amide bonds. The van der Waals surface area contributed by atoms with Gasteiger partial charge in [0.25, 0.3) is 0 Å². The maximum Gasteiger partial charge on any atom is 0.224 e. The van der Waals surface area contributed by atoms with Crippen LogP contribution in [0.1, 0.15) is 22.5 Å². The topological polar surface area (TPSA) is 65.4 Å². The number of carbonyl (C=O) groups is 1. The van der Waals surface area contributed by atoms with E-state index in [1.165, 1.54) is 0 Å². The molecule has 34 heavy (non-hydrogen) atoms. The Morgan fingerprint density at radius 2 is 1.71 bits per heavy atom.